The van der Waals surface area contributed by atoms with Gasteiger partial charge in [-0.15, -0.1) is 0 Å². The van der Waals surface area contributed by atoms with E-state index in [0.717, 1.165) is 19.5 Å². The average Bonchev–Trinajstić information content (AvgIpc) is 2.78. The van der Waals surface area contributed by atoms with Gasteiger partial charge in [0.1, 0.15) is 11.6 Å². The summed E-state index contributed by atoms with van der Waals surface area (Å²) in [6.07, 6.45) is 1.06. The van der Waals surface area contributed by atoms with Crippen molar-refractivity contribution in [3.63, 3.8) is 0 Å². The van der Waals surface area contributed by atoms with Gasteiger partial charge in [-0.1, -0.05) is 6.07 Å². The lowest BCUT2D eigenvalue weighted by molar-refractivity contribution is -0.138. The topological polar surface area (TPSA) is 49.8 Å². The molecule has 1 aromatic carbocycles. The third kappa shape index (κ3) is 3.67. The van der Waals surface area contributed by atoms with Crippen LogP contribution in [0.25, 0.3) is 0 Å². The van der Waals surface area contributed by atoms with Gasteiger partial charge in [0.05, 0.1) is 7.11 Å². The first-order chi connectivity index (χ1) is 9.08. The van der Waals surface area contributed by atoms with Crippen molar-refractivity contribution in [2.45, 2.75) is 19.4 Å². The molecule has 1 heterocycles. The van der Waals surface area contributed by atoms with Crippen LogP contribution in [0.4, 0.5) is 4.39 Å². The van der Waals surface area contributed by atoms with Gasteiger partial charge in [0.25, 0.3) is 0 Å². The Morgan fingerprint density at radius 1 is 1.58 bits per heavy atom. The SMILES string of the molecule is COc1ccc(CN2CCC(CC(=O)O)C2)c(F)c1. The normalized spacial score (nSPS) is 19.6. The zero-order valence-electron chi connectivity index (χ0n) is 10.9. The van der Waals surface area contributed by atoms with Crippen LogP contribution in [-0.2, 0) is 11.3 Å². The molecule has 0 amide bonds. The van der Waals surface area contributed by atoms with Crippen molar-refractivity contribution >= 4 is 5.97 Å². The van der Waals surface area contributed by atoms with Crippen LogP contribution in [0.15, 0.2) is 18.2 Å². The highest BCUT2D eigenvalue weighted by Gasteiger charge is 2.24. The van der Waals surface area contributed by atoms with Gasteiger partial charge >= 0.3 is 5.97 Å². The molecule has 1 atom stereocenters. The number of halogens is 1. The second-order valence-corrected chi connectivity index (χ2v) is 4.95. The first kappa shape index (κ1) is 13.8. The molecule has 1 saturated heterocycles. The number of carbonyl (C=O) groups is 1. The number of rotatable bonds is 5. The highest BCUT2D eigenvalue weighted by molar-refractivity contribution is 5.67. The number of hydrogen-bond donors (Lipinski definition) is 1. The molecular weight excluding hydrogens is 249 g/mol. The summed E-state index contributed by atoms with van der Waals surface area (Å²) in [4.78, 5) is 12.7. The third-order valence-corrected chi connectivity index (χ3v) is 3.49. The Morgan fingerprint density at radius 3 is 3.00 bits per heavy atom. The molecule has 5 heteroatoms. The van der Waals surface area contributed by atoms with Crippen LogP contribution in [-0.4, -0.2) is 36.2 Å². The zero-order chi connectivity index (χ0) is 13.8. The van der Waals surface area contributed by atoms with Gasteiger partial charge in [-0.05, 0) is 24.9 Å². The minimum atomic E-state index is -0.762. The lowest BCUT2D eigenvalue weighted by Crippen LogP contribution is -2.21. The molecule has 1 aliphatic rings. The van der Waals surface area contributed by atoms with Gasteiger partial charge in [-0.25, -0.2) is 4.39 Å². The Balaban J connectivity index is 1.93. The van der Waals surface area contributed by atoms with Crippen LogP contribution < -0.4 is 4.74 Å². The van der Waals surface area contributed by atoms with Crippen LogP contribution in [0.2, 0.25) is 0 Å². The van der Waals surface area contributed by atoms with Crippen LogP contribution >= 0.6 is 0 Å². The number of hydrogen-bond acceptors (Lipinski definition) is 3. The second kappa shape index (κ2) is 6.02. The molecule has 0 saturated carbocycles. The van der Waals surface area contributed by atoms with Crippen molar-refractivity contribution in [2.75, 3.05) is 20.2 Å². The van der Waals surface area contributed by atoms with Gasteiger partial charge < -0.3 is 9.84 Å². The van der Waals surface area contributed by atoms with Crippen molar-refractivity contribution in [1.29, 1.82) is 0 Å². The van der Waals surface area contributed by atoms with Gasteiger partial charge in [-0.2, -0.15) is 0 Å². The van der Waals surface area contributed by atoms with Crippen molar-refractivity contribution in [3.8, 4) is 5.75 Å². The minimum absolute atomic E-state index is 0.179. The summed E-state index contributed by atoms with van der Waals surface area (Å²) in [7, 11) is 1.51. The number of likely N-dealkylation sites (tertiary alicyclic amines) is 1. The number of carboxylic acid groups (broad SMARTS) is 1. The average molecular weight is 267 g/mol. The number of aliphatic carboxylic acids is 1. The van der Waals surface area contributed by atoms with Crippen molar-refractivity contribution in [2.24, 2.45) is 5.92 Å². The van der Waals surface area contributed by atoms with Gasteiger partial charge in [-0.3, -0.25) is 9.69 Å². The van der Waals surface area contributed by atoms with Crippen molar-refractivity contribution < 1.29 is 19.0 Å². The fourth-order valence-corrected chi connectivity index (χ4v) is 2.49. The van der Waals surface area contributed by atoms with E-state index in [1.165, 1.54) is 13.2 Å². The van der Waals surface area contributed by atoms with E-state index in [0.29, 0.717) is 17.9 Å². The number of nitrogens with zero attached hydrogens (tertiary/aromatic N) is 1. The summed E-state index contributed by atoms with van der Waals surface area (Å²) in [5.41, 5.74) is 0.622. The lowest BCUT2D eigenvalue weighted by atomic mass is 10.1. The Hall–Kier alpha value is -1.62. The fraction of sp³-hybridized carbons (Fsp3) is 0.500. The summed E-state index contributed by atoms with van der Waals surface area (Å²) in [6.45, 7) is 2.06. The Morgan fingerprint density at radius 2 is 2.37 bits per heavy atom. The summed E-state index contributed by atoms with van der Waals surface area (Å²) in [5, 5.41) is 8.76. The van der Waals surface area contributed by atoms with Gasteiger partial charge in [0.2, 0.25) is 0 Å². The third-order valence-electron chi connectivity index (χ3n) is 3.49. The molecule has 4 nitrogen and oxygen atoms in total. The van der Waals surface area contributed by atoms with Gasteiger partial charge in [0.15, 0.2) is 0 Å². The number of benzene rings is 1. The Kier molecular flexibility index (Phi) is 4.37. The standard InChI is InChI=1S/C14H18FNO3/c1-19-12-3-2-11(13(15)7-12)9-16-5-4-10(8-16)6-14(17)18/h2-3,7,10H,4-6,8-9H2,1H3,(H,17,18). The molecule has 1 fully saturated rings. The van der Waals surface area contributed by atoms with Crippen LogP contribution in [0.5, 0.6) is 5.75 Å². The smallest absolute Gasteiger partial charge is 0.303 e. The number of ether oxygens (including phenoxy) is 1. The Bertz CT molecular complexity index is 464. The van der Waals surface area contributed by atoms with E-state index in [1.807, 2.05) is 0 Å². The second-order valence-electron chi connectivity index (χ2n) is 4.95. The molecule has 1 aliphatic heterocycles. The monoisotopic (exact) mass is 267 g/mol. The molecule has 1 N–H and O–H groups in total. The molecule has 0 aromatic heterocycles. The first-order valence-electron chi connectivity index (χ1n) is 6.35. The molecule has 1 unspecified atom stereocenters. The summed E-state index contributed by atoms with van der Waals surface area (Å²) < 4.78 is 18.8. The maximum atomic E-state index is 13.8. The molecule has 1 aromatic rings. The van der Waals surface area contributed by atoms with E-state index in [9.17, 15) is 9.18 Å². The predicted molar refractivity (Wildman–Crippen MR) is 68.6 cm³/mol. The number of methoxy groups -OCH3 is 1. The maximum absolute atomic E-state index is 13.8. The van der Waals surface area contributed by atoms with Crippen molar-refractivity contribution in [1.82, 2.24) is 4.90 Å². The highest BCUT2D eigenvalue weighted by Crippen LogP contribution is 2.23. The quantitative estimate of drug-likeness (QED) is 0.888. The highest BCUT2D eigenvalue weighted by atomic mass is 19.1. The Labute approximate surface area is 111 Å². The zero-order valence-corrected chi connectivity index (χ0v) is 10.9. The molecule has 0 bridgehead atoms. The van der Waals surface area contributed by atoms with Gasteiger partial charge in [0, 0.05) is 31.1 Å². The van der Waals surface area contributed by atoms with E-state index in [1.54, 1.807) is 12.1 Å². The van der Waals surface area contributed by atoms with E-state index >= 15 is 0 Å². The summed E-state index contributed by atoms with van der Waals surface area (Å²) in [6, 6.07) is 4.84. The first-order valence-corrected chi connectivity index (χ1v) is 6.35. The van der Waals surface area contributed by atoms with Crippen LogP contribution in [0, 0.1) is 11.7 Å². The summed E-state index contributed by atoms with van der Waals surface area (Å²) in [5.74, 6) is -0.353. The largest absolute Gasteiger partial charge is 0.497 e. The molecule has 104 valence electrons. The number of carboxylic acids is 1. The predicted octanol–water partition coefficient (Wildman–Crippen LogP) is 2.13. The molecule has 0 radical (unpaired) electrons. The minimum Gasteiger partial charge on any atom is -0.497 e. The van der Waals surface area contributed by atoms with E-state index in [2.05, 4.69) is 4.90 Å². The maximum Gasteiger partial charge on any atom is 0.303 e. The molecule has 19 heavy (non-hydrogen) atoms. The van der Waals surface area contributed by atoms with Crippen molar-refractivity contribution in [3.05, 3.63) is 29.6 Å². The van der Waals surface area contributed by atoms with Crippen LogP contribution in [0.3, 0.4) is 0 Å². The molecule has 2 rings (SSSR count). The van der Waals surface area contributed by atoms with E-state index in [-0.39, 0.29) is 18.2 Å². The fourth-order valence-electron chi connectivity index (χ4n) is 2.49. The molecular formula is C14H18FNO3. The molecule has 0 aliphatic carbocycles. The summed E-state index contributed by atoms with van der Waals surface area (Å²) >= 11 is 0. The van der Waals surface area contributed by atoms with E-state index in [4.69, 9.17) is 9.84 Å². The lowest BCUT2D eigenvalue weighted by Gasteiger charge is -2.16. The molecule has 0 spiro atoms. The van der Waals surface area contributed by atoms with Crippen LogP contribution in [0.1, 0.15) is 18.4 Å². The van der Waals surface area contributed by atoms with E-state index < -0.39 is 5.97 Å².